The first-order valence-electron chi connectivity index (χ1n) is 7.08. The summed E-state index contributed by atoms with van der Waals surface area (Å²) in [6.07, 6.45) is 1.03. The lowest BCUT2D eigenvalue weighted by Gasteiger charge is -2.27. The Kier molecular flexibility index (Phi) is 5.39. The third-order valence-corrected chi connectivity index (χ3v) is 4.72. The van der Waals surface area contributed by atoms with Gasteiger partial charge in [0, 0.05) is 25.0 Å². The first kappa shape index (κ1) is 16.0. The molecule has 0 radical (unpaired) electrons. The Bertz CT molecular complexity index is 564. The zero-order valence-electron chi connectivity index (χ0n) is 13.2. The highest BCUT2D eigenvalue weighted by Crippen LogP contribution is 2.30. The lowest BCUT2D eigenvalue weighted by molar-refractivity contribution is 0.245. The number of aryl methyl sites for hydroxylation is 2. The van der Waals surface area contributed by atoms with Crippen LogP contribution < -0.4 is 10.5 Å². The van der Waals surface area contributed by atoms with E-state index in [-0.39, 0.29) is 6.04 Å². The number of nitrogens with two attached hydrogens (primary N) is 1. The van der Waals surface area contributed by atoms with Gasteiger partial charge in [0.1, 0.15) is 0 Å². The molecule has 0 aliphatic carbocycles. The number of nitrogens with zero attached hydrogens (tertiary/aromatic N) is 3. The molecular formula is C15H24N4OS. The first-order valence-corrected chi connectivity index (χ1v) is 7.96. The van der Waals surface area contributed by atoms with Crippen LogP contribution in [-0.4, -0.2) is 41.9 Å². The molecule has 2 heterocycles. The zero-order chi connectivity index (χ0) is 15.4. The van der Waals surface area contributed by atoms with Crippen molar-refractivity contribution < 1.29 is 4.74 Å². The second-order valence-electron chi connectivity index (χ2n) is 5.19. The van der Waals surface area contributed by atoms with Gasteiger partial charge < -0.3 is 10.5 Å². The molecule has 6 heteroatoms. The SMILES string of the molecule is COc1c(C(CN)N(C)CCc2cccs2)c(C)nn1C. The highest BCUT2D eigenvalue weighted by Gasteiger charge is 2.25. The van der Waals surface area contributed by atoms with Crippen LogP contribution in [0.1, 0.15) is 22.2 Å². The van der Waals surface area contributed by atoms with Crippen LogP contribution in [0.15, 0.2) is 17.5 Å². The van der Waals surface area contributed by atoms with Gasteiger partial charge in [-0.1, -0.05) is 6.07 Å². The summed E-state index contributed by atoms with van der Waals surface area (Å²) >= 11 is 1.80. The van der Waals surface area contributed by atoms with Crippen molar-refractivity contribution in [1.82, 2.24) is 14.7 Å². The van der Waals surface area contributed by atoms with E-state index in [0.29, 0.717) is 6.54 Å². The van der Waals surface area contributed by atoms with Crippen LogP contribution in [0.25, 0.3) is 0 Å². The number of hydrogen-bond donors (Lipinski definition) is 1. The number of aromatic nitrogens is 2. The predicted molar refractivity (Wildman–Crippen MR) is 86.9 cm³/mol. The summed E-state index contributed by atoms with van der Waals surface area (Å²) < 4.78 is 7.28. The summed E-state index contributed by atoms with van der Waals surface area (Å²) in [6, 6.07) is 4.38. The van der Waals surface area contributed by atoms with E-state index in [1.807, 2.05) is 14.0 Å². The number of thiophene rings is 1. The molecule has 21 heavy (non-hydrogen) atoms. The Balaban J connectivity index is 2.15. The average molecular weight is 308 g/mol. The first-order chi connectivity index (χ1) is 10.1. The molecule has 1 atom stereocenters. The van der Waals surface area contributed by atoms with Gasteiger partial charge >= 0.3 is 0 Å². The maximum Gasteiger partial charge on any atom is 0.216 e. The normalized spacial score (nSPS) is 12.9. The molecule has 5 nitrogen and oxygen atoms in total. The van der Waals surface area contributed by atoms with Crippen LogP contribution in [0.3, 0.4) is 0 Å². The maximum atomic E-state index is 6.02. The molecule has 2 N–H and O–H groups in total. The average Bonchev–Trinajstić information content (AvgIpc) is 3.06. The highest BCUT2D eigenvalue weighted by atomic mass is 32.1. The van der Waals surface area contributed by atoms with Gasteiger partial charge in [-0.3, -0.25) is 4.90 Å². The molecule has 0 amide bonds. The van der Waals surface area contributed by atoms with E-state index >= 15 is 0 Å². The van der Waals surface area contributed by atoms with Crippen molar-refractivity contribution in [2.75, 3.05) is 27.2 Å². The Morgan fingerprint density at radius 2 is 2.29 bits per heavy atom. The smallest absolute Gasteiger partial charge is 0.216 e. The standard InChI is InChI=1S/C15H24N4OS/c1-11-14(15(20-4)19(3)17-11)13(10-16)18(2)8-7-12-6-5-9-21-12/h5-6,9,13H,7-8,10,16H2,1-4H3. The van der Waals surface area contributed by atoms with Crippen LogP contribution in [0.4, 0.5) is 0 Å². The third-order valence-electron chi connectivity index (χ3n) is 3.79. The van der Waals surface area contributed by atoms with Gasteiger partial charge in [0.25, 0.3) is 0 Å². The van der Waals surface area contributed by atoms with Crippen molar-refractivity contribution in [3.05, 3.63) is 33.6 Å². The van der Waals surface area contributed by atoms with E-state index in [0.717, 1.165) is 30.1 Å². The second-order valence-corrected chi connectivity index (χ2v) is 6.23. The zero-order valence-corrected chi connectivity index (χ0v) is 14.0. The maximum absolute atomic E-state index is 6.02. The van der Waals surface area contributed by atoms with Crippen molar-refractivity contribution in [3.63, 3.8) is 0 Å². The van der Waals surface area contributed by atoms with Gasteiger partial charge in [0.15, 0.2) is 0 Å². The van der Waals surface area contributed by atoms with Gasteiger partial charge in [-0.15, -0.1) is 11.3 Å². The van der Waals surface area contributed by atoms with Gasteiger partial charge in [-0.2, -0.15) is 5.10 Å². The van der Waals surface area contributed by atoms with Crippen LogP contribution in [0.2, 0.25) is 0 Å². The summed E-state index contributed by atoms with van der Waals surface area (Å²) in [6.45, 7) is 3.51. The number of likely N-dealkylation sites (N-methyl/N-ethyl adjacent to an activating group) is 1. The minimum absolute atomic E-state index is 0.119. The number of ether oxygens (including phenoxy) is 1. The highest BCUT2D eigenvalue weighted by molar-refractivity contribution is 7.09. The van der Waals surface area contributed by atoms with E-state index in [4.69, 9.17) is 10.5 Å². The molecule has 0 aliphatic rings. The monoisotopic (exact) mass is 308 g/mol. The molecular weight excluding hydrogens is 284 g/mol. The molecule has 0 spiro atoms. The fourth-order valence-electron chi connectivity index (χ4n) is 2.69. The molecule has 2 aromatic rings. The van der Waals surface area contributed by atoms with Crippen molar-refractivity contribution >= 4 is 11.3 Å². The molecule has 2 rings (SSSR count). The molecule has 0 saturated carbocycles. The van der Waals surface area contributed by atoms with E-state index in [1.165, 1.54) is 4.88 Å². The van der Waals surface area contributed by atoms with E-state index in [1.54, 1.807) is 23.1 Å². The summed E-state index contributed by atoms with van der Waals surface area (Å²) in [7, 11) is 5.69. The Hall–Kier alpha value is -1.37. The predicted octanol–water partition coefficient (Wildman–Crippen LogP) is 1.97. The van der Waals surface area contributed by atoms with Crippen LogP contribution in [-0.2, 0) is 13.5 Å². The lowest BCUT2D eigenvalue weighted by Crippen LogP contribution is -2.32. The summed E-state index contributed by atoms with van der Waals surface area (Å²) in [5, 5.41) is 6.57. The second kappa shape index (κ2) is 7.06. The fraction of sp³-hybridized carbons (Fsp3) is 0.533. The largest absolute Gasteiger partial charge is 0.481 e. The number of hydrogen-bond acceptors (Lipinski definition) is 5. The van der Waals surface area contributed by atoms with E-state index in [2.05, 4.69) is 34.6 Å². The molecule has 0 fully saturated rings. The lowest BCUT2D eigenvalue weighted by atomic mass is 10.1. The number of rotatable bonds is 7. The molecule has 0 bridgehead atoms. The van der Waals surface area contributed by atoms with E-state index in [9.17, 15) is 0 Å². The topological polar surface area (TPSA) is 56.3 Å². The summed E-state index contributed by atoms with van der Waals surface area (Å²) in [5.74, 6) is 0.797. The quantitative estimate of drug-likeness (QED) is 0.850. The molecule has 0 saturated heterocycles. The van der Waals surface area contributed by atoms with E-state index < -0.39 is 0 Å². The van der Waals surface area contributed by atoms with Crippen molar-refractivity contribution in [3.8, 4) is 5.88 Å². The molecule has 0 aromatic carbocycles. The molecule has 1 unspecified atom stereocenters. The van der Waals surface area contributed by atoms with Crippen molar-refractivity contribution in [2.45, 2.75) is 19.4 Å². The van der Waals surface area contributed by atoms with Crippen molar-refractivity contribution in [1.29, 1.82) is 0 Å². The van der Waals surface area contributed by atoms with Crippen LogP contribution >= 0.6 is 11.3 Å². The fourth-order valence-corrected chi connectivity index (χ4v) is 3.39. The van der Waals surface area contributed by atoms with Gasteiger partial charge in [-0.25, -0.2) is 4.68 Å². The van der Waals surface area contributed by atoms with Crippen molar-refractivity contribution in [2.24, 2.45) is 12.8 Å². The molecule has 116 valence electrons. The number of methoxy groups -OCH3 is 1. The Morgan fingerprint density at radius 1 is 1.52 bits per heavy atom. The molecule has 0 aliphatic heterocycles. The third kappa shape index (κ3) is 3.45. The minimum Gasteiger partial charge on any atom is -0.481 e. The minimum atomic E-state index is 0.119. The Morgan fingerprint density at radius 3 is 2.86 bits per heavy atom. The summed E-state index contributed by atoms with van der Waals surface area (Å²) in [5.41, 5.74) is 8.10. The summed E-state index contributed by atoms with van der Waals surface area (Å²) in [4.78, 5) is 3.68. The molecule has 2 aromatic heterocycles. The Labute approximate surface area is 130 Å². The van der Waals surface area contributed by atoms with Crippen LogP contribution in [0, 0.1) is 6.92 Å². The van der Waals surface area contributed by atoms with Gasteiger partial charge in [0.2, 0.25) is 5.88 Å². The van der Waals surface area contributed by atoms with Gasteiger partial charge in [0.05, 0.1) is 24.4 Å². The van der Waals surface area contributed by atoms with Gasteiger partial charge in [-0.05, 0) is 31.8 Å². The van der Waals surface area contributed by atoms with Crippen LogP contribution in [0.5, 0.6) is 5.88 Å².